The van der Waals surface area contributed by atoms with Gasteiger partial charge in [0.1, 0.15) is 0 Å². The lowest BCUT2D eigenvalue weighted by molar-refractivity contribution is 0.427. The number of rotatable bonds is 3. The van der Waals surface area contributed by atoms with Crippen LogP contribution in [0.5, 0.6) is 0 Å². The van der Waals surface area contributed by atoms with E-state index in [2.05, 4.69) is 16.2 Å². The van der Waals surface area contributed by atoms with E-state index in [4.69, 9.17) is 4.52 Å². The molecule has 4 nitrogen and oxygen atoms in total. The van der Waals surface area contributed by atoms with Crippen molar-refractivity contribution in [3.63, 3.8) is 0 Å². The van der Waals surface area contributed by atoms with Gasteiger partial charge in [-0.15, -0.1) is 11.8 Å². The van der Waals surface area contributed by atoms with Crippen molar-refractivity contribution in [1.29, 1.82) is 0 Å². The summed E-state index contributed by atoms with van der Waals surface area (Å²) in [6.45, 7) is 1.84. The monoisotopic (exact) mass is 348 g/mol. The number of aromatic amines is 1. The number of fused-ring (bicyclic) bond motifs is 1. The van der Waals surface area contributed by atoms with Gasteiger partial charge in [-0.1, -0.05) is 35.5 Å². The topological polar surface area (TPSA) is 58.9 Å². The highest BCUT2D eigenvalue weighted by atomic mass is 32.2. The maximum Gasteiger partial charge on any atom is 0.260 e. The van der Waals surface area contributed by atoms with E-state index in [0.29, 0.717) is 11.3 Å². The second-order valence-electron chi connectivity index (χ2n) is 5.81. The van der Waals surface area contributed by atoms with Gasteiger partial charge < -0.3 is 9.51 Å². The number of pyridine rings is 1. The van der Waals surface area contributed by atoms with Crippen molar-refractivity contribution in [2.24, 2.45) is 0 Å². The highest BCUT2D eigenvalue weighted by Gasteiger charge is 2.19. The molecule has 124 valence electrons. The van der Waals surface area contributed by atoms with Crippen molar-refractivity contribution in [3.05, 3.63) is 70.6 Å². The summed E-state index contributed by atoms with van der Waals surface area (Å²) in [5.41, 5.74) is 3.72. The molecule has 25 heavy (non-hydrogen) atoms. The van der Waals surface area contributed by atoms with Gasteiger partial charge in [0.25, 0.3) is 5.56 Å². The molecule has 0 bridgehead atoms. The first-order valence-corrected chi connectivity index (χ1v) is 9.13. The van der Waals surface area contributed by atoms with Crippen LogP contribution >= 0.6 is 11.8 Å². The number of hydrogen-bond acceptors (Lipinski definition) is 4. The lowest BCUT2D eigenvalue weighted by Crippen LogP contribution is -2.11. The predicted octanol–water partition coefficient (Wildman–Crippen LogP) is 4.88. The third-order valence-corrected chi connectivity index (χ3v) is 4.88. The largest absolute Gasteiger partial charge is 0.356 e. The van der Waals surface area contributed by atoms with Crippen LogP contribution in [0.2, 0.25) is 0 Å². The van der Waals surface area contributed by atoms with E-state index < -0.39 is 0 Å². The SMILES string of the molecule is CSc1ccc2[nH]c(=O)c(-c3cc(C)no3)c(-c3ccccc3)c2c1. The molecule has 2 aromatic carbocycles. The van der Waals surface area contributed by atoms with Gasteiger partial charge in [-0.3, -0.25) is 4.79 Å². The molecular weight excluding hydrogens is 332 g/mol. The molecule has 2 heterocycles. The number of thioether (sulfide) groups is 1. The molecule has 0 saturated carbocycles. The summed E-state index contributed by atoms with van der Waals surface area (Å²) in [5.74, 6) is 0.481. The van der Waals surface area contributed by atoms with Crippen LogP contribution in [0.25, 0.3) is 33.4 Å². The Morgan fingerprint density at radius 3 is 2.52 bits per heavy atom. The summed E-state index contributed by atoms with van der Waals surface area (Å²) in [5, 5.41) is 4.94. The van der Waals surface area contributed by atoms with Gasteiger partial charge in [0.15, 0.2) is 5.76 Å². The molecule has 0 aliphatic rings. The molecule has 0 fully saturated rings. The fourth-order valence-corrected chi connectivity index (χ4v) is 3.46. The van der Waals surface area contributed by atoms with E-state index in [-0.39, 0.29) is 5.56 Å². The minimum absolute atomic E-state index is 0.181. The average Bonchev–Trinajstić information content (AvgIpc) is 3.06. The van der Waals surface area contributed by atoms with Crippen LogP contribution < -0.4 is 5.56 Å². The first-order chi connectivity index (χ1) is 12.2. The predicted molar refractivity (Wildman–Crippen MR) is 102 cm³/mol. The Morgan fingerprint density at radius 2 is 1.84 bits per heavy atom. The van der Waals surface area contributed by atoms with Crippen LogP contribution in [-0.2, 0) is 0 Å². The number of aromatic nitrogens is 2. The molecule has 0 saturated heterocycles. The van der Waals surface area contributed by atoms with Gasteiger partial charge in [0.2, 0.25) is 0 Å². The number of hydrogen-bond donors (Lipinski definition) is 1. The summed E-state index contributed by atoms with van der Waals surface area (Å²) < 4.78 is 5.42. The Kier molecular flexibility index (Phi) is 3.93. The lowest BCUT2D eigenvalue weighted by Gasteiger charge is -2.12. The summed E-state index contributed by atoms with van der Waals surface area (Å²) in [4.78, 5) is 17.0. The summed E-state index contributed by atoms with van der Waals surface area (Å²) in [6, 6.07) is 17.8. The summed E-state index contributed by atoms with van der Waals surface area (Å²) in [7, 11) is 0. The molecule has 4 aromatic rings. The molecule has 0 spiro atoms. The van der Waals surface area contributed by atoms with Crippen molar-refractivity contribution in [1.82, 2.24) is 10.1 Å². The molecule has 0 unspecified atom stereocenters. The van der Waals surface area contributed by atoms with Crippen molar-refractivity contribution in [2.75, 3.05) is 6.26 Å². The van der Waals surface area contributed by atoms with Crippen LogP contribution in [0.3, 0.4) is 0 Å². The first-order valence-electron chi connectivity index (χ1n) is 7.90. The smallest absolute Gasteiger partial charge is 0.260 e. The maximum atomic E-state index is 12.8. The molecule has 5 heteroatoms. The average molecular weight is 348 g/mol. The Balaban J connectivity index is 2.16. The van der Waals surface area contributed by atoms with E-state index >= 15 is 0 Å². The van der Waals surface area contributed by atoms with Crippen LogP contribution in [0.1, 0.15) is 5.69 Å². The molecule has 0 aliphatic carbocycles. The molecule has 0 radical (unpaired) electrons. The quantitative estimate of drug-likeness (QED) is 0.536. The van der Waals surface area contributed by atoms with E-state index in [0.717, 1.165) is 32.6 Å². The second kappa shape index (κ2) is 6.26. The Hall–Kier alpha value is -2.79. The summed E-state index contributed by atoms with van der Waals surface area (Å²) in [6.07, 6.45) is 2.04. The van der Waals surface area contributed by atoms with Crippen molar-refractivity contribution in [3.8, 4) is 22.5 Å². The fraction of sp³-hybridized carbons (Fsp3) is 0.100. The minimum Gasteiger partial charge on any atom is -0.356 e. The zero-order valence-corrected chi connectivity index (χ0v) is 14.7. The fourth-order valence-electron chi connectivity index (χ4n) is 3.02. The standard InChI is InChI=1S/C20H16N2O2S/c1-12-10-17(24-22-12)19-18(13-6-4-3-5-7-13)15-11-14(25-2)8-9-16(15)21-20(19)23/h3-11H,1-2H3,(H,21,23). The van der Waals surface area contributed by atoms with Crippen molar-refractivity contribution >= 4 is 22.7 Å². The second-order valence-corrected chi connectivity index (χ2v) is 6.69. The van der Waals surface area contributed by atoms with E-state index in [1.165, 1.54) is 0 Å². The number of aryl methyl sites for hydroxylation is 1. The third-order valence-electron chi connectivity index (χ3n) is 4.16. The zero-order chi connectivity index (χ0) is 17.4. The Bertz CT molecular complexity index is 1110. The number of H-pyrrole nitrogens is 1. The Morgan fingerprint density at radius 1 is 1.04 bits per heavy atom. The van der Waals surface area contributed by atoms with Gasteiger partial charge in [0, 0.05) is 27.4 Å². The first kappa shape index (κ1) is 15.7. The van der Waals surface area contributed by atoms with Crippen molar-refractivity contribution in [2.45, 2.75) is 11.8 Å². The molecule has 0 aliphatic heterocycles. The molecule has 0 amide bonds. The zero-order valence-electron chi connectivity index (χ0n) is 13.9. The summed E-state index contributed by atoms with van der Waals surface area (Å²) >= 11 is 1.67. The van der Waals surface area contributed by atoms with E-state index in [1.54, 1.807) is 17.8 Å². The van der Waals surface area contributed by atoms with Gasteiger partial charge in [0.05, 0.1) is 11.3 Å². The van der Waals surface area contributed by atoms with E-state index in [1.807, 2.05) is 55.6 Å². The molecule has 1 N–H and O–H groups in total. The van der Waals surface area contributed by atoms with Crippen LogP contribution in [-0.4, -0.2) is 16.4 Å². The number of nitrogens with one attached hydrogen (secondary N) is 1. The number of nitrogens with zero attached hydrogens (tertiary/aromatic N) is 1. The van der Waals surface area contributed by atoms with Gasteiger partial charge in [-0.05, 0) is 36.9 Å². The number of benzene rings is 2. The lowest BCUT2D eigenvalue weighted by atomic mass is 9.95. The van der Waals surface area contributed by atoms with Crippen LogP contribution in [0.4, 0.5) is 0 Å². The third kappa shape index (κ3) is 2.76. The molecular formula is C20H16N2O2S. The highest BCUT2D eigenvalue weighted by Crippen LogP contribution is 2.36. The molecule has 4 rings (SSSR count). The van der Waals surface area contributed by atoms with Gasteiger partial charge in [-0.25, -0.2) is 0 Å². The molecule has 2 aromatic heterocycles. The normalized spacial score (nSPS) is 11.1. The van der Waals surface area contributed by atoms with Crippen LogP contribution in [0.15, 0.2) is 68.8 Å². The Labute approximate surface area is 148 Å². The van der Waals surface area contributed by atoms with E-state index in [9.17, 15) is 4.79 Å². The minimum atomic E-state index is -0.181. The maximum absolute atomic E-state index is 12.8. The van der Waals surface area contributed by atoms with Gasteiger partial charge >= 0.3 is 0 Å². The van der Waals surface area contributed by atoms with Crippen LogP contribution in [0, 0.1) is 6.92 Å². The molecule has 0 atom stereocenters. The van der Waals surface area contributed by atoms with Gasteiger partial charge in [-0.2, -0.15) is 0 Å². The highest BCUT2D eigenvalue weighted by molar-refractivity contribution is 7.98. The van der Waals surface area contributed by atoms with Crippen molar-refractivity contribution < 1.29 is 4.52 Å².